The fourth-order valence-corrected chi connectivity index (χ4v) is 1.80. The van der Waals surface area contributed by atoms with Crippen molar-refractivity contribution in [1.29, 1.82) is 0 Å². The van der Waals surface area contributed by atoms with E-state index in [1.54, 1.807) is 0 Å². The van der Waals surface area contributed by atoms with E-state index >= 15 is 0 Å². The topological polar surface area (TPSA) is 54.9 Å². The van der Waals surface area contributed by atoms with Gasteiger partial charge in [-0.25, -0.2) is 9.97 Å². The number of carbonyl (C=O) groups excluding carboxylic acids is 1. The summed E-state index contributed by atoms with van der Waals surface area (Å²) in [6.07, 6.45) is 4.39. The Kier molecular flexibility index (Phi) is 4.47. The third-order valence-corrected chi connectivity index (χ3v) is 3.08. The molecule has 0 bridgehead atoms. The second-order valence-corrected chi connectivity index (χ2v) is 4.73. The number of hydrogen-bond acceptors (Lipinski definition) is 3. The molecule has 0 aliphatic heterocycles. The SMILES string of the molecule is CC(CNC(=O)c1cncnc1)c1ccc(Cl)cc1. The van der Waals surface area contributed by atoms with E-state index in [1.165, 1.54) is 18.7 Å². The van der Waals surface area contributed by atoms with Crippen LogP contribution in [0.15, 0.2) is 43.0 Å². The minimum atomic E-state index is -0.165. The molecular formula is C14H14ClN3O. The van der Waals surface area contributed by atoms with Crippen LogP contribution in [0.4, 0.5) is 0 Å². The monoisotopic (exact) mass is 275 g/mol. The second kappa shape index (κ2) is 6.29. The molecule has 0 fully saturated rings. The highest BCUT2D eigenvalue weighted by molar-refractivity contribution is 6.30. The number of hydrogen-bond donors (Lipinski definition) is 1. The van der Waals surface area contributed by atoms with Gasteiger partial charge in [-0.3, -0.25) is 4.79 Å². The minimum Gasteiger partial charge on any atom is -0.351 e. The molecule has 4 nitrogen and oxygen atoms in total. The molecule has 1 atom stereocenters. The van der Waals surface area contributed by atoms with Gasteiger partial charge in [0, 0.05) is 24.0 Å². The summed E-state index contributed by atoms with van der Waals surface area (Å²) in [6, 6.07) is 7.62. The molecule has 2 aromatic rings. The number of halogens is 1. The van der Waals surface area contributed by atoms with Gasteiger partial charge >= 0.3 is 0 Å². The van der Waals surface area contributed by atoms with Gasteiger partial charge in [0.05, 0.1) is 5.56 Å². The average Bonchev–Trinajstić information content (AvgIpc) is 2.46. The Morgan fingerprint density at radius 1 is 1.26 bits per heavy atom. The highest BCUT2D eigenvalue weighted by Crippen LogP contribution is 2.17. The summed E-state index contributed by atoms with van der Waals surface area (Å²) < 4.78 is 0. The highest BCUT2D eigenvalue weighted by Gasteiger charge is 2.09. The zero-order chi connectivity index (χ0) is 13.7. The molecule has 98 valence electrons. The van der Waals surface area contributed by atoms with Crippen LogP contribution < -0.4 is 5.32 Å². The Hall–Kier alpha value is -1.94. The van der Waals surface area contributed by atoms with Crippen LogP contribution in [0.2, 0.25) is 5.02 Å². The molecule has 19 heavy (non-hydrogen) atoms. The van der Waals surface area contributed by atoms with Crippen LogP contribution in [0.5, 0.6) is 0 Å². The smallest absolute Gasteiger partial charge is 0.254 e. The lowest BCUT2D eigenvalue weighted by Gasteiger charge is -2.13. The van der Waals surface area contributed by atoms with Gasteiger partial charge in [-0.15, -0.1) is 0 Å². The zero-order valence-corrected chi connectivity index (χ0v) is 11.3. The molecule has 1 N–H and O–H groups in total. The van der Waals surface area contributed by atoms with E-state index < -0.39 is 0 Å². The number of rotatable bonds is 4. The van der Waals surface area contributed by atoms with Gasteiger partial charge in [-0.05, 0) is 23.6 Å². The van der Waals surface area contributed by atoms with Gasteiger partial charge in [0.25, 0.3) is 5.91 Å². The fraction of sp³-hybridized carbons (Fsp3) is 0.214. The van der Waals surface area contributed by atoms with Crippen molar-refractivity contribution in [3.05, 3.63) is 59.1 Å². The van der Waals surface area contributed by atoms with Crippen molar-refractivity contribution < 1.29 is 4.79 Å². The molecule has 1 aromatic heterocycles. The van der Waals surface area contributed by atoms with Crippen molar-refractivity contribution in [2.75, 3.05) is 6.54 Å². The van der Waals surface area contributed by atoms with Crippen molar-refractivity contribution in [2.24, 2.45) is 0 Å². The predicted octanol–water partition coefficient (Wildman–Crippen LogP) is 2.66. The Morgan fingerprint density at radius 3 is 2.53 bits per heavy atom. The third kappa shape index (κ3) is 3.76. The summed E-state index contributed by atoms with van der Waals surface area (Å²) in [6.45, 7) is 2.60. The Labute approximate surface area is 116 Å². The van der Waals surface area contributed by atoms with E-state index in [4.69, 9.17) is 11.6 Å². The largest absolute Gasteiger partial charge is 0.351 e. The maximum atomic E-state index is 11.8. The number of nitrogens with zero attached hydrogens (tertiary/aromatic N) is 2. The van der Waals surface area contributed by atoms with E-state index in [1.807, 2.05) is 31.2 Å². The summed E-state index contributed by atoms with van der Waals surface area (Å²) in [5.41, 5.74) is 1.60. The van der Waals surface area contributed by atoms with Crippen molar-refractivity contribution in [3.63, 3.8) is 0 Å². The van der Waals surface area contributed by atoms with Crippen LogP contribution >= 0.6 is 11.6 Å². The minimum absolute atomic E-state index is 0.165. The summed E-state index contributed by atoms with van der Waals surface area (Å²) in [7, 11) is 0. The molecule has 0 radical (unpaired) electrons. The summed E-state index contributed by atoms with van der Waals surface area (Å²) in [4.78, 5) is 19.5. The molecule has 1 heterocycles. The maximum absolute atomic E-state index is 11.8. The molecular weight excluding hydrogens is 262 g/mol. The van der Waals surface area contributed by atoms with Crippen molar-refractivity contribution in [3.8, 4) is 0 Å². The molecule has 0 aliphatic rings. The Morgan fingerprint density at radius 2 is 1.89 bits per heavy atom. The molecule has 1 unspecified atom stereocenters. The normalized spacial score (nSPS) is 11.9. The quantitative estimate of drug-likeness (QED) is 0.933. The van der Waals surface area contributed by atoms with Crippen LogP contribution in [-0.4, -0.2) is 22.4 Å². The lowest BCUT2D eigenvalue weighted by Crippen LogP contribution is -2.27. The number of nitrogens with one attached hydrogen (secondary N) is 1. The fourth-order valence-electron chi connectivity index (χ4n) is 1.67. The van der Waals surface area contributed by atoms with Gasteiger partial charge in [-0.2, -0.15) is 0 Å². The van der Waals surface area contributed by atoms with Gasteiger partial charge in [0.15, 0.2) is 0 Å². The first-order valence-corrected chi connectivity index (χ1v) is 6.33. The van der Waals surface area contributed by atoms with Crippen molar-refractivity contribution in [1.82, 2.24) is 15.3 Å². The van der Waals surface area contributed by atoms with Crippen LogP contribution in [0.25, 0.3) is 0 Å². The molecule has 2 rings (SSSR count). The number of amides is 1. The van der Waals surface area contributed by atoms with Gasteiger partial charge in [0.2, 0.25) is 0 Å². The van der Waals surface area contributed by atoms with E-state index in [0.29, 0.717) is 17.1 Å². The Bertz CT molecular complexity index is 542. The van der Waals surface area contributed by atoms with Crippen LogP contribution in [0.1, 0.15) is 28.8 Å². The van der Waals surface area contributed by atoms with Gasteiger partial charge in [-0.1, -0.05) is 30.7 Å². The van der Waals surface area contributed by atoms with Crippen LogP contribution in [-0.2, 0) is 0 Å². The van der Waals surface area contributed by atoms with E-state index in [2.05, 4.69) is 15.3 Å². The van der Waals surface area contributed by atoms with Crippen LogP contribution in [0.3, 0.4) is 0 Å². The van der Waals surface area contributed by atoms with Gasteiger partial charge in [0.1, 0.15) is 6.33 Å². The summed E-state index contributed by atoms with van der Waals surface area (Å²) >= 11 is 5.84. The average molecular weight is 276 g/mol. The summed E-state index contributed by atoms with van der Waals surface area (Å²) in [5.74, 6) is 0.0484. The third-order valence-electron chi connectivity index (χ3n) is 2.83. The maximum Gasteiger partial charge on any atom is 0.254 e. The molecule has 0 saturated heterocycles. The molecule has 5 heteroatoms. The molecule has 1 amide bonds. The van der Waals surface area contributed by atoms with Crippen molar-refractivity contribution >= 4 is 17.5 Å². The van der Waals surface area contributed by atoms with Gasteiger partial charge < -0.3 is 5.32 Å². The van der Waals surface area contributed by atoms with Crippen LogP contribution in [0, 0.1) is 0 Å². The predicted molar refractivity (Wildman–Crippen MR) is 74.2 cm³/mol. The van der Waals surface area contributed by atoms with E-state index in [0.717, 1.165) is 5.56 Å². The molecule has 0 spiro atoms. The number of carbonyl (C=O) groups is 1. The number of benzene rings is 1. The highest BCUT2D eigenvalue weighted by atomic mass is 35.5. The second-order valence-electron chi connectivity index (χ2n) is 4.29. The van der Waals surface area contributed by atoms with E-state index in [9.17, 15) is 4.79 Å². The Balaban J connectivity index is 1.92. The van der Waals surface area contributed by atoms with E-state index in [-0.39, 0.29) is 11.8 Å². The van der Waals surface area contributed by atoms with Crippen molar-refractivity contribution in [2.45, 2.75) is 12.8 Å². The molecule has 0 saturated carbocycles. The standard InChI is InChI=1S/C14H14ClN3O/c1-10(11-2-4-13(15)5-3-11)6-18-14(19)12-7-16-9-17-8-12/h2-5,7-10H,6H2,1H3,(H,18,19). The molecule has 1 aromatic carbocycles. The zero-order valence-electron chi connectivity index (χ0n) is 10.5. The molecule has 0 aliphatic carbocycles. The first kappa shape index (κ1) is 13.5. The first-order valence-electron chi connectivity index (χ1n) is 5.95. The first-order chi connectivity index (χ1) is 9.16. The summed E-state index contributed by atoms with van der Waals surface area (Å²) in [5, 5.41) is 3.57. The lowest BCUT2D eigenvalue weighted by molar-refractivity contribution is 0.0951. The lowest BCUT2D eigenvalue weighted by atomic mass is 10.0. The number of aromatic nitrogens is 2.